The highest BCUT2D eigenvalue weighted by atomic mass is 32.1. The second kappa shape index (κ2) is 5.67. The number of thiophene rings is 1. The number of aliphatic hydroxyl groups excluding tert-OH is 1. The third-order valence-electron chi connectivity index (χ3n) is 3.09. The van der Waals surface area contributed by atoms with Crippen LogP contribution in [0.2, 0.25) is 0 Å². The van der Waals surface area contributed by atoms with Crippen molar-refractivity contribution in [1.29, 1.82) is 0 Å². The third-order valence-corrected chi connectivity index (χ3v) is 4.34. The van der Waals surface area contributed by atoms with Gasteiger partial charge in [-0.15, -0.1) is 11.3 Å². The largest absolute Gasteiger partial charge is 0.388 e. The average Bonchev–Trinajstić information content (AvgIpc) is 2.95. The quantitative estimate of drug-likeness (QED) is 0.901. The van der Waals surface area contributed by atoms with Gasteiger partial charge in [-0.25, -0.2) is 0 Å². The molecule has 0 aliphatic carbocycles. The van der Waals surface area contributed by atoms with Crippen molar-refractivity contribution in [2.24, 2.45) is 7.05 Å². The van der Waals surface area contributed by atoms with Gasteiger partial charge >= 0.3 is 0 Å². The van der Waals surface area contributed by atoms with Gasteiger partial charge < -0.3 is 5.11 Å². The fourth-order valence-corrected chi connectivity index (χ4v) is 3.12. The number of aromatic nitrogens is 2. The molecule has 0 aliphatic rings. The number of rotatable bonds is 5. The van der Waals surface area contributed by atoms with Crippen LogP contribution < -0.4 is 0 Å². The van der Waals surface area contributed by atoms with Crippen LogP contribution in [0.15, 0.2) is 18.3 Å². The Bertz CT molecular complexity index is 516. The van der Waals surface area contributed by atoms with Crippen LogP contribution in [0, 0.1) is 0 Å². The summed E-state index contributed by atoms with van der Waals surface area (Å²) in [6, 6.07) is 4.27. The molecule has 2 aromatic heterocycles. The number of aliphatic hydroxyl groups is 1. The van der Waals surface area contributed by atoms with Gasteiger partial charge in [0.05, 0.1) is 11.8 Å². The molecule has 3 nitrogen and oxygen atoms in total. The lowest BCUT2D eigenvalue weighted by Gasteiger charge is -2.08. The molecule has 0 radical (unpaired) electrons. The highest BCUT2D eigenvalue weighted by Crippen LogP contribution is 2.25. The second-order valence-electron chi connectivity index (χ2n) is 4.50. The Kier molecular flexibility index (Phi) is 4.19. The maximum atomic E-state index is 10.3. The van der Waals surface area contributed by atoms with Crippen molar-refractivity contribution in [3.05, 3.63) is 39.3 Å². The highest BCUT2D eigenvalue weighted by molar-refractivity contribution is 7.11. The van der Waals surface area contributed by atoms with Crippen LogP contribution in [-0.2, 0) is 26.3 Å². The van der Waals surface area contributed by atoms with Crippen molar-refractivity contribution in [2.75, 3.05) is 0 Å². The number of nitrogens with zero attached hydrogens (tertiary/aromatic N) is 2. The minimum atomic E-state index is -0.447. The van der Waals surface area contributed by atoms with Crippen LogP contribution in [0.25, 0.3) is 0 Å². The van der Waals surface area contributed by atoms with E-state index in [2.05, 4.69) is 31.1 Å². The van der Waals surface area contributed by atoms with E-state index >= 15 is 0 Å². The molecule has 18 heavy (non-hydrogen) atoms. The zero-order valence-electron chi connectivity index (χ0n) is 11.2. The van der Waals surface area contributed by atoms with Crippen LogP contribution >= 0.6 is 11.3 Å². The first-order chi connectivity index (χ1) is 8.63. The van der Waals surface area contributed by atoms with Crippen LogP contribution in [-0.4, -0.2) is 14.9 Å². The smallest absolute Gasteiger partial charge is 0.0871 e. The van der Waals surface area contributed by atoms with E-state index in [1.807, 2.05) is 13.2 Å². The van der Waals surface area contributed by atoms with Gasteiger partial charge in [0.15, 0.2) is 0 Å². The Hall–Kier alpha value is -1.13. The topological polar surface area (TPSA) is 38.0 Å². The molecule has 0 saturated carbocycles. The summed E-state index contributed by atoms with van der Waals surface area (Å²) in [7, 11) is 1.90. The van der Waals surface area contributed by atoms with Crippen molar-refractivity contribution < 1.29 is 5.11 Å². The molecule has 98 valence electrons. The van der Waals surface area contributed by atoms with Gasteiger partial charge in [-0.1, -0.05) is 13.8 Å². The number of hydrogen-bond acceptors (Lipinski definition) is 3. The summed E-state index contributed by atoms with van der Waals surface area (Å²) >= 11 is 1.79. The first-order valence-electron chi connectivity index (χ1n) is 6.42. The summed E-state index contributed by atoms with van der Waals surface area (Å²) in [5, 5.41) is 14.7. The fourth-order valence-electron chi connectivity index (χ4n) is 2.13. The summed E-state index contributed by atoms with van der Waals surface area (Å²) < 4.78 is 1.78. The van der Waals surface area contributed by atoms with E-state index in [0.717, 1.165) is 24.1 Å². The van der Waals surface area contributed by atoms with Crippen molar-refractivity contribution in [3.63, 3.8) is 0 Å². The Morgan fingerprint density at radius 1 is 1.28 bits per heavy atom. The van der Waals surface area contributed by atoms with Gasteiger partial charge in [-0.2, -0.15) is 5.10 Å². The maximum Gasteiger partial charge on any atom is 0.0871 e. The molecule has 0 bridgehead atoms. The first-order valence-corrected chi connectivity index (χ1v) is 7.23. The molecule has 0 aliphatic heterocycles. The molecule has 0 aromatic carbocycles. The average molecular weight is 264 g/mol. The summed E-state index contributed by atoms with van der Waals surface area (Å²) in [6.07, 6.45) is 4.09. The van der Waals surface area contributed by atoms with E-state index in [9.17, 15) is 5.11 Å². The molecule has 1 atom stereocenters. The second-order valence-corrected chi connectivity index (χ2v) is 5.75. The van der Waals surface area contributed by atoms with E-state index in [-0.39, 0.29) is 0 Å². The number of hydrogen-bond donors (Lipinski definition) is 1. The maximum absolute atomic E-state index is 10.3. The number of aryl methyl sites for hydroxylation is 3. The van der Waals surface area contributed by atoms with E-state index in [1.54, 1.807) is 16.0 Å². The molecule has 2 aromatic rings. The van der Waals surface area contributed by atoms with Crippen molar-refractivity contribution in [1.82, 2.24) is 9.78 Å². The molecule has 0 saturated heterocycles. The molecule has 2 heterocycles. The third kappa shape index (κ3) is 2.82. The van der Waals surface area contributed by atoms with E-state index < -0.39 is 6.10 Å². The van der Waals surface area contributed by atoms with Gasteiger partial charge in [0.2, 0.25) is 0 Å². The van der Waals surface area contributed by atoms with Crippen LogP contribution in [0.1, 0.15) is 41.0 Å². The monoisotopic (exact) mass is 264 g/mol. The summed E-state index contributed by atoms with van der Waals surface area (Å²) in [6.45, 7) is 4.22. The Labute approximate surface area is 112 Å². The summed E-state index contributed by atoms with van der Waals surface area (Å²) in [5.41, 5.74) is 1.96. The lowest BCUT2D eigenvalue weighted by molar-refractivity contribution is 0.178. The normalized spacial score (nSPS) is 12.9. The fraction of sp³-hybridized carbons (Fsp3) is 0.500. The van der Waals surface area contributed by atoms with Crippen molar-refractivity contribution >= 4 is 11.3 Å². The van der Waals surface area contributed by atoms with Crippen molar-refractivity contribution in [3.8, 4) is 0 Å². The molecule has 2 rings (SSSR count). The Morgan fingerprint density at radius 3 is 2.61 bits per heavy atom. The zero-order valence-corrected chi connectivity index (χ0v) is 12.0. The van der Waals surface area contributed by atoms with Crippen LogP contribution in [0.5, 0.6) is 0 Å². The summed E-state index contributed by atoms with van der Waals surface area (Å²) in [5.74, 6) is 0. The zero-order chi connectivity index (χ0) is 13.1. The van der Waals surface area contributed by atoms with Gasteiger partial charge in [0, 0.05) is 35.0 Å². The minimum Gasteiger partial charge on any atom is -0.388 e. The van der Waals surface area contributed by atoms with E-state index in [1.165, 1.54) is 9.75 Å². The Morgan fingerprint density at radius 2 is 2.00 bits per heavy atom. The first kappa shape index (κ1) is 13.3. The molecule has 1 N–H and O–H groups in total. The summed E-state index contributed by atoms with van der Waals surface area (Å²) in [4.78, 5) is 2.62. The standard InChI is InChI=1S/C14H20N2OS/c1-4-10-6-7-11(18-10)8-14(17)12-9-16(3)15-13(12)5-2/h6-7,9,14,17H,4-5,8H2,1-3H3. The lowest BCUT2D eigenvalue weighted by atomic mass is 10.1. The van der Waals surface area contributed by atoms with Crippen LogP contribution in [0.3, 0.4) is 0 Å². The van der Waals surface area contributed by atoms with E-state index in [4.69, 9.17) is 0 Å². The SMILES string of the molecule is CCc1ccc(CC(O)c2cn(C)nc2CC)s1. The molecule has 0 spiro atoms. The van der Waals surface area contributed by atoms with Gasteiger partial charge in [0.1, 0.15) is 0 Å². The molecule has 0 fully saturated rings. The van der Waals surface area contributed by atoms with Gasteiger partial charge in [-0.3, -0.25) is 4.68 Å². The molecule has 0 amide bonds. The molecule has 4 heteroatoms. The van der Waals surface area contributed by atoms with Gasteiger partial charge in [0.25, 0.3) is 0 Å². The molecular weight excluding hydrogens is 244 g/mol. The van der Waals surface area contributed by atoms with E-state index in [0.29, 0.717) is 6.42 Å². The Balaban J connectivity index is 2.13. The highest BCUT2D eigenvalue weighted by Gasteiger charge is 2.16. The molecule has 1 unspecified atom stereocenters. The lowest BCUT2D eigenvalue weighted by Crippen LogP contribution is -2.02. The minimum absolute atomic E-state index is 0.447. The van der Waals surface area contributed by atoms with Gasteiger partial charge in [-0.05, 0) is 25.0 Å². The molecular formula is C14H20N2OS. The predicted octanol–water partition coefficient (Wildman–Crippen LogP) is 2.88. The van der Waals surface area contributed by atoms with Crippen LogP contribution in [0.4, 0.5) is 0 Å². The van der Waals surface area contributed by atoms with Crippen molar-refractivity contribution in [2.45, 2.75) is 39.2 Å². The predicted molar refractivity (Wildman–Crippen MR) is 74.9 cm³/mol.